The van der Waals surface area contributed by atoms with Crippen molar-refractivity contribution in [3.05, 3.63) is 5.01 Å². The largest absolute Gasteiger partial charge is 0.324 e. The number of nitrogens with one attached hydrogen (secondary N) is 1. The molecule has 1 amide bonds. The second-order valence-corrected chi connectivity index (χ2v) is 3.91. The Morgan fingerprint density at radius 3 is 2.77 bits per heavy atom. The molecule has 0 bridgehead atoms. The molecule has 0 aromatic carbocycles. The van der Waals surface area contributed by atoms with E-state index in [1.165, 1.54) is 11.3 Å². The van der Waals surface area contributed by atoms with E-state index in [1.54, 1.807) is 0 Å². The van der Waals surface area contributed by atoms with E-state index in [1.807, 2.05) is 13.8 Å². The van der Waals surface area contributed by atoms with Crippen LogP contribution in [0.5, 0.6) is 0 Å². The van der Waals surface area contributed by atoms with Crippen molar-refractivity contribution in [2.75, 3.05) is 5.32 Å². The van der Waals surface area contributed by atoms with Gasteiger partial charge in [0, 0.05) is 12.5 Å². The summed E-state index contributed by atoms with van der Waals surface area (Å²) in [5.41, 5.74) is 5.35. The smallest absolute Gasteiger partial charge is 0.228 e. The summed E-state index contributed by atoms with van der Waals surface area (Å²) in [6, 6.07) is 0. The summed E-state index contributed by atoms with van der Waals surface area (Å²) >= 11 is 1.30. The quantitative estimate of drug-likeness (QED) is 0.748. The number of rotatable bonds is 3. The molecule has 0 aliphatic carbocycles. The van der Waals surface area contributed by atoms with Gasteiger partial charge in [-0.3, -0.25) is 4.79 Å². The Balaban J connectivity index is 2.59. The molecule has 5 nitrogen and oxygen atoms in total. The highest BCUT2D eigenvalue weighted by molar-refractivity contribution is 7.15. The molecule has 0 saturated carbocycles. The second-order valence-electron chi connectivity index (χ2n) is 2.85. The summed E-state index contributed by atoms with van der Waals surface area (Å²) < 4.78 is 0. The van der Waals surface area contributed by atoms with Crippen molar-refractivity contribution in [1.82, 2.24) is 10.2 Å². The first-order valence-corrected chi connectivity index (χ1v) is 4.78. The topological polar surface area (TPSA) is 80.9 Å². The van der Waals surface area contributed by atoms with Gasteiger partial charge in [0.15, 0.2) is 0 Å². The number of anilines is 1. The Bertz CT molecular complexity index is 296. The minimum atomic E-state index is -0.0558. The van der Waals surface area contributed by atoms with E-state index in [9.17, 15) is 4.79 Å². The van der Waals surface area contributed by atoms with Crippen molar-refractivity contribution in [3.63, 3.8) is 0 Å². The van der Waals surface area contributed by atoms with Gasteiger partial charge in [-0.1, -0.05) is 25.2 Å². The number of hydrogen-bond donors (Lipinski definition) is 2. The molecule has 0 saturated heterocycles. The summed E-state index contributed by atoms with van der Waals surface area (Å²) in [5, 5.41) is 11.4. The highest BCUT2D eigenvalue weighted by Crippen LogP contribution is 2.14. The maximum atomic E-state index is 11.2. The van der Waals surface area contributed by atoms with E-state index in [0.29, 0.717) is 11.7 Å². The third-order valence-corrected chi connectivity index (χ3v) is 2.26. The minimum absolute atomic E-state index is 0.0507. The zero-order valence-corrected chi connectivity index (χ0v) is 8.39. The van der Waals surface area contributed by atoms with Gasteiger partial charge in [0.1, 0.15) is 5.01 Å². The van der Waals surface area contributed by atoms with Gasteiger partial charge in [0.2, 0.25) is 11.0 Å². The van der Waals surface area contributed by atoms with Crippen LogP contribution in [0.15, 0.2) is 0 Å². The third kappa shape index (κ3) is 2.74. The first kappa shape index (κ1) is 10.1. The molecule has 1 rings (SSSR count). The molecule has 0 spiro atoms. The molecule has 0 atom stereocenters. The summed E-state index contributed by atoms with van der Waals surface area (Å²) in [5.74, 6) is -0.107. The van der Waals surface area contributed by atoms with Crippen molar-refractivity contribution in [1.29, 1.82) is 0 Å². The zero-order chi connectivity index (χ0) is 9.84. The normalized spacial score (nSPS) is 10.5. The fourth-order valence-electron chi connectivity index (χ4n) is 0.636. The molecule has 0 aliphatic rings. The molecule has 3 N–H and O–H groups in total. The van der Waals surface area contributed by atoms with E-state index in [4.69, 9.17) is 5.73 Å². The molecule has 1 aromatic rings. The fourth-order valence-corrected chi connectivity index (χ4v) is 1.26. The van der Waals surface area contributed by atoms with E-state index in [0.717, 1.165) is 5.01 Å². The summed E-state index contributed by atoms with van der Waals surface area (Å²) in [6.07, 6.45) is 0. The van der Waals surface area contributed by atoms with Crippen LogP contribution in [0.4, 0.5) is 5.13 Å². The van der Waals surface area contributed by atoms with Crippen molar-refractivity contribution in [3.8, 4) is 0 Å². The predicted octanol–water partition coefficient (Wildman–Crippen LogP) is 0.591. The number of carbonyl (C=O) groups excluding carboxylic acids is 1. The van der Waals surface area contributed by atoms with Crippen LogP contribution in [0.3, 0.4) is 0 Å². The number of aromatic nitrogens is 2. The van der Waals surface area contributed by atoms with Gasteiger partial charge in [-0.05, 0) is 0 Å². The van der Waals surface area contributed by atoms with Gasteiger partial charge in [-0.2, -0.15) is 0 Å². The Morgan fingerprint density at radius 2 is 2.31 bits per heavy atom. The number of carbonyl (C=O) groups is 1. The van der Waals surface area contributed by atoms with Gasteiger partial charge in [-0.25, -0.2) is 0 Å². The van der Waals surface area contributed by atoms with Crippen molar-refractivity contribution >= 4 is 22.4 Å². The van der Waals surface area contributed by atoms with E-state index in [2.05, 4.69) is 15.5 Å². The van der Waals surface area contributed by atoms with Gasteiger partial charge < -0.3 is 11.1 Å². The Morgan fingerprint density at radius 1 is 1.62 bits per heavy atom. The number of hydrogen-bond acceptors (Lipinski definition) is 5. The fraction of sp³-hybridized carbons (Fsp3) is 0.571. The average molecular weight is 200 g/mol. The van der Waals surface area contributed by atoms with Crippen LogP contribution < -0.4 is 11.1 Å². The highest BCUT2D eigenvalue weighted by Gasteiger charge is 2.09. The molecule has 0 radical (unpaired) electrons. The van der Waals surface area contributed by atoms with Crippen LogP contribution in [-0.2, 0) is 11.3 Å². The van der Waals surface area contributed by atoms with Crippen LogP contribution in [0, 0.1) is 5.92 Å². The molecule has 1 heterocycles. The summed E-state index contributed by atoms with van der Waals surface area (Å²) in [7, 11) is 0. The Hall–Kier alpha value is -1.01. The SMILES string of the molecule is CC(C)C(=O)Nc1nnc(CN)s1. The molecule has 72 valence electrons. The van der Waals surface area contributed by atoms with E-state index in [-0.39, 0.29) is 11.8 Å². The van der Waals surface area contributed by atoms with E-state index >= 15 is 0 Å². The molecule has 13 heavy (non-hydrogen) atoms. The lowest BCUT2D eigenvalue weighted by Crippen LogP contribution is -2.17. The van der Waals surface area contributed by atoms with Crippen LogP contribution >= 0.6 is 11.3 Å². The average Bonchev–Trinajstić information content (AvgIpc) is 2.52. The van der Waals surface area contributed by atoms with Gasteiger partial charge in [-0.15, -0.1) is 10.2 Å². The van der Waals surface area contributed by atoms with Crippen molar-refractivity contribution in [2.45, 2.75) is 20.4 Å². The number of nitrogens with two attached hydrogens (primary N) is 1. The maximum Gasteiger partial charge on any atom is 0.228 e. The number of nitrogens with zero attached hydrogens (tertiary/aromatic N) is 2. The highest BCUT2D eigenvalue weighted by atomic mass is 32.1. The lowest BCUT2D eigenvalue weighted by atomic mass is 10.2. The number of amides is 1. The third-order valence-electron chi connectivity index (χ3n) is 1.40. The van der Waals surface area contributed by atoms with Crippen LogP contribution in [-0.4, -0.2) is 16.1 Å². The zero-order valence-electron chi connectivity index (χ0n) is 7.57. The molecular weight excluding hydrogens is 188 g/mol. The minimum Gasteiger partial charge on any atom is -0.324 e. The van der Waals surface area contributed by atoms with Crippen LogP contribution in [0.25, 0.3) is 0 Å². The monoisotopic (exact) mass is 200 g/mol. The van der Waals surface area contributed by atoms with Gasteiger partial charge in [0.25, 0.3) is 0 Å². The van der Waals surface area contributed by atoms with E-state index < -0.39 is 0 Å². The molecule has 6 heteroatoms. The van der Waals surface area contributed by atoms with Crippen molar-refractivity contribution in [2.24, 2.45) is 11.7 Å². The summed E-state index contributed by atoms with van der Waals surface area (Å²) in [6.45, 7) is 4.00. The molecule has 1 aromatic heterocycles. The molecule has 0 fully saturated rings. The lowest BCUT2D eigenvalue weighted by molar-refractivity contribution is -0.118. The molecule has 0 aliphatic heterocycles. The summed E-state index contributed by atoms with van der Waals surface area (Å²) in [4.78, 5) is 11.2. The van der Waals surface area contributed by atoms with Crippen LogP contribution in [0.1, 0.15) is 18.9 Å². The standard InChI is InChI=1S/C7H12N4OS/c1-4(2)6(12)9-7-11-10-5(3-8)13-7/h4H,3,8H2,1-2H3,(H,9,11,12). The predicted molar refractivity (Wildman–Crippen MR) is 51.3 cm³/mol. The Labute approximate surface area is 80.4 Å². The van der Waals surface area contributed by atoms with Gasteiger partial charge >= 0.3 is 0 Å². The molecular formula is C7H12N4OS. The molecule has 0 unspecified atom stereocenters. The maximum absolute atomic E-state index is 11.2. The first-order chi connectivity index (χ1) is 6.13. The lowest BCUT2D eigenvalue weighted by Gasteiger charge is -2.02. The van der Waals surface area contributed by atoms with Crippen molar-refractivity contribution < 1.29 is 4.79 Å². The Kier molecular flexibility index (Phi) is 3.32. The first-order valence-electron chi connectivity index (χ1n) is 3.96. The van der Waals surface area contributed by atoms with Crippen LogP contribution in [0.2, 0.25) is 0 Å². The second kappa shape index (κ2) is 4.29. The van der Waals surface area contributed by atoms with Gasteiger partial charge in [0.05, 0.1) is 0 Å².